The Kier molecular flexibility index (Phi) is 8.84. The summed E-state index contributed by atoms with van der Waals surface area (Å²) in [5.41, 5.74) is 1.19. The molecule has 2 aromatic carbocycles. The van der Waals surface area contributed by atoms with Gasteiger partial charge in [-0.05, 0) is 41.7 Å². The zero-order valence-electron chi connectivity index (χ0n) is 18.2. The third kappa shape index (κ3) is 6.58. The van der Waals surface area contributed by atoms with Crippen LogP contribution in [0.15, 0.2) is 48.5 Å². The highest BCUT2D eigenvalue weighted by molar-refractivity contribution is 5.88. The van der Waals surface area contributed by atoms with Gasteiger partial charge in [-0.25, -0.2) is 4.39 Å². The van der Waals surface area contributed by atoms with Gasteiger partial charge in [0, 0.05) is 13.1 Å². The summed E-state index contributed by atoms with van der Waals surface area (Å²) < 4.78 is 19.3. The van der Waals surface area contributed by atoms with Gasteiger partial charge in [-0.3, -0.25) is 9.59 Å². The van der Waals surface area contributed by atoms with Crippen LogP contribution in [0.5, 0.6) is 5.75 Å². The summed E-state index contributed by atoms with van der Waals surface area (Å²) in [7, 11) is 1.59. The molecule has 0 fully saturated rings. The number of rotatable bonds is 10. The second-order valence-electron chi connectivity index (χ2n) is 7.70. The quantitative estimate of drug-likeness (QED) is 0.640. The number of hydrogen-bond donors (Lipinski definition) is 1. The number of carbonyl (C=O) groups excluding carboxylic acids is 2. The standard InChI is InChI=1S/C24H31FN2O3/c1-5-22(24(29)26-15-17(2)3)27(16-18-10-12-20(30-4)13-11-18)23(28)14-19-8-6-7-9-21(19)25/h6-13,17,22H,5,14-16H2,1-4H3,(H,26,29)/t22-/m1/s1. The van der Waals surface area contributed by atoms with E-state index >= 15 is 0 Å². The first kappa shape index (κ1) is 23.4. The van der Waals surface area contributed by atoms with E-state index in [0.717, 1.165) is 5.56 Å². The number of nitrogens with one attached hydrogen (secondary N) is 1. The van der Waals surface area contributed by atoms with Gasteiger partial charge in [0.1, 0.15) is 17.6 Å². The van der Waals surface area contributed by atoms with Crippen molar-refractivity contribution in [2.45, 2.75) is 46.2 Å². The van der Waals surface area contributed by atoms with Crippen molar-refractivity contribution in [1.29, 1.82) is 0 Å². The van der Waals surface area contributed by atoms with E-state index in [1.807, 2.05) is 45.0 Å². The molecule has 6 heteroatoms. The Morgan fingerprint density at radius 3 is 2.33 bits per heavy atom. The highest BCUT2D eigenvalue weighted by Gasteiger charge is 2.29. The Morgan fingerprint density at radius 1 is 1.10 bits per heavy atom. The van der Waals surface area contributed by atoms with E-state index in [1.165, 1.54) is 6.07 Å². The molecule has 2 rings (SSSR count). The summed E-state index contributed by atoms with van der Waals surface area (Å²) >= 11 is 0. The van der Waals surface area contributed by atoms with Gasteiger partial charge in [0.25, 0.3) is 0 Å². The molecule has 0 saturated carbocycles. The first-order chi connectivity index (χ1) is 14.3. The summed E-state index contributed by atoms with van der Waals surface area (Å²) in [6.07, 6.45) is 0.361. The molecule has 2 aromatic rings. The smallest absolute Gasteiger partial charge is 0.242 e. The molecule has 0 aromatic heterocycles. The van der Waals surface area contributed by atoms with E-state index in [1.54, 1.807) is 30.2 Å². The maximum absolute atomic E-state index is 14.1. The lowest BCUT2D eigenvalue weighted by molar-refractivity contribution is -0.141. The molecule has 30 heavy (non-hydrogen) atoms. The molecule has 5 nitrogen and oxygen atoms in total. The first-order valence-electron chi connectivity index (χ1n) is 10.3. The van der Waals surface area contributed by atoms with Gasteiger partial charge in [0.2, 0.25) is 11.8 Å². The van der Waals surface area contributed by atoms with E-state index in [2.05, 4.69) is 5.32 Å². The van der Waals surface area contributed by atoms with Crippen LogP contribution >= 0.6 is 0 Å². The highest BCUT2D eigenvalue weighted by Crippen LogP contribution is 2.18. The summed E-state index contributed by atoms with van der Waals surface area (Å²) in [6.45, 7) is 6.69. The highest BCUT2D eigenvalue weighted by atomic mass is 19.1. The average Bonchev–Trinajstić information content (AvgIpc) is 2.74. The summed E-state index contributed by atoms with van der Waals surface area (Å²) in [5, 5.41) is 2.92. The number of ether oxygens (including phenoxy) is 1. The fraction of sp³-hybridized carbons (Fsp3) is 0.417. The minimum Gasteiger partial charge on any atom is -0.497 e. The fourth-order valence-corrected chi connectivity index (χ4v) is 3.18. The van der Waals surface area contributed by atoms with E-state index in [0.29, 0.717) is 30.2 Å². The van der Waals surface area contributed by atoms with Crippen LogP contribution in [0.25, 0.3) is 0 Å². The second-order valence-corrected chi connectivity index (χ2v) is 7.70. The van der Waals surface area contributed by atoms with Crippen molar-refractivity contribution >= 4 is 11.8 Å². The van der Waals surface area contributed by atoms with Gasteiger partial charge >= 0.3 is 0 Å². The zero-order chi connectivity index (χ0) is 22.1. The van der Waals surface area contributed by atoms with Crippen LogP contribution in [0.3, 0.4) is 0 Å². The molecular formula is C24H31FN2O3. The van der Waals surface area contributed by atoms with Gasteiger partial charge in [0.05, 0.1) is 13.5 Å². The Balaban J connectivity index is 2.27. The normalized spacial score (nSPS) is 11.8. The molecule has 0 heterocycles. The van der Waals surface area contributed by atoms with Crippen LogP contribution in [0.4, 0.5) is 4.39 Å². The van der Waals surface area contributed by atoms with Crippen LogP contribution in [0.2, 0.25) is 0 Å². The van der Waals surface area contributed by atoms with Crippen LogP contribution < -0.4 is 10.1 Å². The number of carbonyl (C=O) groups is 2. The molecule has 1 N–H and O–H groups in total. The van der Waals surface area contributed by atoms with Gasteiger partial charge in [-0.2, -0.15) is 0 Å². The third-order valence-electron chi connectivity index (χ3n) is 4.88. The average molecular weight is 415 g/mol. The maximum atomic E-state index is 14.1. The number of amides is 2. The van der Waals surface area contributed by atoms with E-state index in [-0.39, 0.29) is 24.8 Å². The predicted octanol–water partition coefficient (Wildman–Crippen LogP) is 3.96. The largest absolute Gasteiger partial charge is 0.497 e. The number of benzene rings is 2. The van der Waals surface area contributed by atoms with Crippen molar-refractivity contribution in [2.75, 3.05) is 13.7 Å². The number of hydrogen-bond acceptors (Lipinski definition) is 3. The van der Waals surface area contributed by atoms with Crippen molar-refractivity contribution in [3.63, 3.8) is 0 Å². The van der Waals surface area contributed by atoms with E-state index in [9.17, 15) is 14.0 Å². The molecule has 0 unspecified atom stereocenters. The van der Waals surface area contributed by atoms with Gasteiger partial charge in [-0.1, -0.05) is 51.1 Å². The van der Waals surface area contributed by atoms with Crippen LogP contribution in [0.1, 0.15) is 38.3 Å². The van der Waals surface area contributed by atoms with Crippen molar-refractivity contribution in [2.24, 2.45) is 5.92 Å². The topological polar surface area (TPSA) is 58.6 Å². The van der Waals surface area contributed by atoms with Crippen LogP contribution in [-0.2, 0) is 22.6 Å². The second kappa shape index (κ2) is 11.3. The first-order valence-corrected chi connectivity index (χ1v) is 10.3. The van der Waals surface area contributed by atoms with Crippen molar-refractivity contribution in [1.82, 2.24) is 10.2 Å². The predicted molar refractivity (Wildman–Crippen MR) is 116 cm³/mol. The summed E-state index contributed by atoms with van der Waals surface area (Å²) in [6, 6.07) is 12.9. The van der Waals surface area contributed by atoms with Crippen LogP contribution in [0, 0.1) is 11.7 Å². The van der Waals surface area contributed by atoms with Gasteiger partial charge < -0.3 is 15.0 Å². The maximum Gasteiger partial charge on any atom is 0.242 e. The van der Waals surface area contributed by atoms with E-state index in [4.69, 9.17) is 4.74 Å². The molecule has 162 valence electrons. The fourth-order valence-electron chi connectivity index (χ4n) is 3.18. The van der Waals surface area contributed by atoms with Gasteiger partial charge in [0.15, 0.2) is 0 Å². The van der Waals surface area contributed by atoms with Crippen LogP contribution in [-0.4, -0.2) is 36.4 Å². The number of halogens is 1. The lowest BCUT2D eigenvalue weighted by Gasteiger charge is -2.31. The van der Waals surface area contributed by atoms with E-state index < -0.39 is 11.9 Å². The minimum absolute atomic E-state index is 0.100. The summed E-state index contributed by atoms with van der Waals surface area (Å²) in [4.78, 5) is 27.6. The summed E-state index contributed by atoms with van der Waals surface area (Å²) in [5.74, 6) is 0.108. The zero-order valence-corrected chi connectivity index (χ0v) is 18.2. The molecule has 0 radical (unpaired) electrons. The monoisotopic (exact) mass is 414 g/mol. The van der Waals surface area contributed by atoms with Gasteiger partial charge in [-0.15, -0.1) is 0 Å². The molecule has 0 aliphatic rings. The minimum atomic E-state index is -0.634. The third-order valence-corrected chi connectivity index (χ3v) is 4.88. The lowest BCUT2D eigenvalue weighted by atomic mass is 10.1. The SMILES string of the molecule is CC[C@H](C(=O)NCC(C)C)N(Cc1ccc(OC)cc1)C(=O)Cc1ccccc1F. The number of nitrogens with zero attached hydrogens (tertiary/aromatic N) is 1. The molecule has 0 aliphatic heterocycles. The Morgan fingerprint density at radius 2 is 1.77 bits per heavy atom. The molecule has 2 amide bonds. The Bertz CT molecular complexity index is 837. The van der Waals surface area contributed by atoms with Crippen molar-refractivity contribution in [3.05, 3.63) is 65.5 Å². The molecule has 0 bridgehead atoms. The van der Waals surface area contributed by atoms with Crippen molar-refractivity contribution < 1.29 is 18.7 Å². The molecule has 0 spiro atoms. The Labute approximate surface area is 178 Å². The molecular weight excluding hydrogens is 383 g/mol. The van der Waals surface area contributed by atoms with Crippen molar-refractivity contribution in [3.8, 4) is 5.75 Å². The number of methoxy groups -OCH3 is 1. The Hall–Kier alpha value is -2.89. The lowest BCUT2D eigenvalue weighted by Crippen LogP contribution is -2.50. The molecule has 0 aliphatic carbocycles. The molecule has 1 atom stereocenters. The molecule has 0 saturated heterocycles.